The van der Waals surface area contributed by atoms with Crippen LogP contribution in [0.15, 0.2) is 74.0 Å². The molecule has 9 aromatic heterocycles. The Kier molecular flexibility index (Phi) is 23.6. The number of carbonyl (C=O) groups is 6. The van der Waals surface area contributed by atoms with Crippen molar-refractivity contribution in [1.82, 2.24) is 73.1 Å². The minimum absolute atomic E-state index is 0. The van der Waals surface area contributed by atoms with Crippen LogP contribution in [0.4, 0.5) is 60.9 Å². The summed E-state index contributed by atoms with van der Waals surface area (Å²) in [5, 5.41) is 47.9. The largest absolute Gasteiger partial charge is 1.00 e. The Balaban J connectivity index is 0.000000135. The molecule has 6 aliphatic heterocycles. The molecule has 9 aliphatic rings. The van der Waals surface area contributed by atoms with E-state index in [1.807, 2.05) is 18.2 Å². The molecule has 2 amide bonds. The van der Waals surface area contributed by atoms with Gasteiger partial charge in [0.15, 0.2) is 34.0 Å². The Morgan fingerprint density at radius 1 is 0.468 bits per heavy atom. The number of morpholine rings is 3. The number of aromatic nitrogens is 15. The van der Waals surface area contributed by atoms with Gasteiger partial charge in [0, 0.05) is 68.7 Å². The van der Waals surface area contributed by atoms with Crippen molar-refractivity contribution in [2.75, 3.05) is 70.5 Å². The van der Waals surface area contributed by atoms with Crippen LogP contribution in [0.1, 0.15) is 196 Å². The van der Waals surface area contributed by atoms with E-state index in [2.05, 4.69) is 70.9 Å². The van der Waals surface area contributed by atoms with Crippen LogP contribution in [0, 0.1) is 17.8 Å². The maximum atomic E-state index is 13.8. The zero-order chi connectivity index (χ0) is 76.2. The van der Waals surface area contributed by atoms with Crippen LogP contribution in [0.25, 0.3) is 16.9 Å². The zero-order valence-corrected chi connectivity index (χ0v) is 60.8. The predicted molar refractivity (Wildman–Crippen MR) is 378 cm³/mol. The smallest absolute Gasteiger partial charge is 0.870 e. The first-order chi connectivity index (χ1) is 52.4. The number of nitrogen functional groups attached to an aromatic ring is 1. The molecule has 33 nitrogen and oxygen atoms in total. The summed E-state index contributed by atoms with van der Waals surface area (Å²) in [6.07, 6.45) is 16.7. The summed E-state index contributed by atoms with van der Waals surface area (Å²) >= 11 is 0. The molecule has 0 radical (unpaired) electrons. The van der Waals surface area contributed by atoms with E-state index in [4.69, 9.17) is 25.1 Å². The van der Waals surface area contributed by atoms with Crippen LogP contribution < -0.4 is 49.9 Å². The number of hydrogen-bond acceptors (Lipinski definition) is 23. The first-order valence-electron chi connectivity index (χ1n) is 36.6. The molecule has 18 rings (SSSR count). The molecule has 9 fully saturated rings. The number of nitrogens with two attached hydrogens (primary N) is 1. The molecule has 6 saturated heterocycles. The van der Waals surface area contributed by atoms with Crippen molar-refractivity contribution in [1.29, 1.82) is 0 Å². The van der Waals surface area contributed by atoms with Gasteiger partial charge in [0.1, 0.15) is 45.7 Å². The number of Topliss-reactive ketones (excluding diaryl/α,β-unsaturated/α-hetero) is 2. The van der Waals surface area contributed by atoms with Crippen molar-refractivity contribution in [3.05, 3.63) is 108 Å². The topological polar surface area (TPSA) is 404 Å². The van der Waals surface area contributed by atoms with Crippen LogP contribution in [-0.2, 0) is 28.6 Å². The molecule has 15 heterocycles. The molecule has 0 unspecified atom stereocenters. The summed E-state index contributed by atoms with van der Waals surface area (Å²) in [6, 6.07) is 6.20. The molecular formula is C71H82F6LiN21O12. The van der Waals surface area contributed by atoms with Gasteiger partial charge in [-0.2, -0.15) is 30.6 Å². The molecular weight excluding hydrogens is 1460 g/mol. The quantitative estimate of drug-likeness (QED) is 0.0494. The fraction of sp³-hybridized carbons (Fsp3) is 0.535. The van der Waals surface area contributed by atoms with Gasteiger partial charge in [-0.25, -0.2) is 59.6 Å². The van der Waals surface area contributed by atoms with Crippen molar-refractivity contribution in [3.63, 3.8) is 0 Å². The summed E-state index contributed by atoms with van der Waals surface area (Å²) in [6.45, 7) is 7.51. The van der Waals surface area contributed by atoms with E-state index in [0.29, 0.717) is 93.4 Å². The van der Waals surface area contributed by atoms with Crippen molar-refractivity contribution < 1.29 is 104 Å². The van der Waals surface area contributed by atoms with Gasteiger partial charge in [-0.05, 0) is 128 Å². The average Bonchev–Trinajstić information content (AvgIpc) is 1.64. The molecule has 7 N–H and O–H groups in total. The number of hydrogen-bond donors (Lipinski definition) is 5. The summed E-state index contributed by atoms with van der Waals surface area (Å²) in [4.78, 5) is 91.8. The maximum Gasteiger partial charge on any atom is 1.00 e. The summed E-state index contributed by atoms with van der Waals surface area (Å²) in [5.74, 6) is -0.733. The minimum atomic E-state index is -2.89. The Bertz CT molecular complexity index is 4690. The van der Waals surface area contributed by atoms with E-state index in [1.165, 1.54) is 64.8 Å². The second kappa shape index (κ2) is 33.1. The number of nitrogens with one attached hydrogen (secondary N) is 2. The van der Waals surface area contributed by atoms with Crippen molar-refractivity contribution in [2.45, 2.75) is 184 Å². The fourth-order valence-corrected chi connectivity index (χ4v) is 16.5. The molecule has 586 valence electrons. The third-order valence-corrected chi connectivity index (χ3v) is 22.5. The Hall–Kier alpha value is -10.1. The number of carboxylic acid groups (broad SMARTS) is 2. The number of aliphatic carboxylic acids is 1. The number of amides is 2. The molecule has 111 heavy (non-hydrogen) atoms. The van der Waals surface area contributed by atoms with E-state index >= 15 is 0 Å². The minimum Gasteiger partial charge on any atom is -0.870 e. The molecule has 9 aromatic rings. The Morgan fingerprint density at radius 2 is 0.793 bits per heavy atom. The van der Waals surface area contributed by atoms with Crippen LogP contribution in [-0.4, -0.2) is 200 Å². The molecule has 6 atom stereocenters. The summed E-state index contributed by atoms with van der Waals surface area (Å²) in [5.41, 5.74) is 5.62. The number of ether oxygens (including phenoxy) is 3. The molecule has 0 spiro atoms. The third kappa shape index (κ3) is 16.5. The van der Waals surface area contributed by atoms with E-state index in [1.54, 1.807) is 32.4 Å². The van der Waals surface area contributed by atoms with E-state index in [0.717, 1.165) is 82.8 Å². The van der Waals surface area contributed by atoms with Crippen LogP contribution in [0.3, 0.4) is 0 Å². The first kappa shape index (κ1) is 79.0. The van der Waals surface area contributed by atoms with Crippen LogP contribution >= 0.6 is 0 Å². The molecule has 40 heteroatoms. The van der Waals surface area contributed by atoms with Crippen LogP contribution in [0.2, 0.25) is 0 Å². The first-order valence-corrected chi connectivity index (χ1v) is 36.6. The van der Waals surface area contributed by atoms with Gasteiger partial charge in [0.05, 0.1) is 116 Å². The predicted octanol–water partition coefficient (Wildman–Crippen LogP) is 6.28. The summed E-state index contributed by atoms with van der Waals surface area (Å²) in [7, 11) is 0. The number of fused-ring (bicyclic) bond motifs is 9. The summed E-state index contributed by atoms with van der Waals surface area (Å²) < 4.78 is 106. The number of alkyl halides is 6. The van der Waals surface area contributed by atoms with Crippen molar-refractivity contribution in [2.24, 2.45) is 17.8 Å². The number of carboxylic acids is 2. The normalized spacial score (nSPS) is 25.0. The Labute approximate surface area is 641 Å². The SMILES string of the molecule is CC(=O)C1CCC(n2cc(N)c(C(F)F)n2)CC1.CC(=O)C1CCC(n2cc(NC(=O)c3cnn4ccc(N5C[C@H]6C[C@@H]5CO6)nc34)c(C(F)F)n2)CC1.O=C(Nc1cn(C2CCC(C(=O)O)CC2)nc1C(F)F)c1cnn2ccc(N3C[C@H]4C[C@@H]3CO4)nc12.O=C(O)c1cnn2ccc(N3C[C@H]4C[C@@H]3CO4)nc12.[Li+].[OH-]. The number of aromatic carboxylic acids is 1. The fourth-order valence-electron chi connectivity index (χ4n) is 16.5. The molecule has 3 aliphatic carbocycles. The van der Waals surface area contributed by atoms with Gasteiger partial charge in [-0.1, -0.05) is 0 Å². The van der Waals surface area contributed by atoms with E-state index in [9.17, 15) is 60.2 Å². The number of anilines is 6. The van der Waals surface area contributed by atoms with Crippen LogP contribution in [0.5, 0.6) is 0 Å². The molecule has 3 saturated carbocycles. The third-order valence-electron chi connectivity index (χ3n) is 22.5. The van der Waals surface area contributed by atoms with E-state index < -0.39 is 60.3 Å². The zero-order valence-electron chi connectivity index (χ0n) is 60.8. The Morgan fingerprint density at radius 3 is 1.09 bits per heavy atom. The second-order valence-corrected chi connectivity index (χ2v) is 29.3. The van der Waals surface area contributed by atoms with Gasteiger partial charge in [0.25, 0.3) is 31.1 Å². The number of nitrogens with zero attached hydrogens (tertiary/aromatic N) is 18. The van der Waals surface area contributed by atoms with Crippen molar-refractivity contribution >= 4 is 86.8 Å². The number of ketones is 2. The number of rotatable bonds is 17. The van der Waals surface area contributed by atoms with E-state index in [-0.39, 0.29) is 136 Å². The van der Waals surface area contributed by atoms with Gasteiger partial charge in [0.2, 0.25) is 0 Å². The molecule has 0 aromatic carbocycles. The van der Waals surface area contributed by atoms with Gasteiger partial charge < -0.3 is 61.0 Å². The maximum absolute atomic E-state index is 13.8. The monoisotopic (exact) mass is 1540 g/mol. The second-order valence-electron chi connectivity index (χ2n) is 29.3. The number of halogens is 6. The van der Waals surface area contributed by atoms with Crippen molar-refractivity contribution in [3.8, 4) is 0 Å². The average molecular weight is 1540 g/mol. The molecule has 6 bridgehead atoms. The van der Waals surface area contributed by atoms with Gasteiger partial charge >= 0.3 is 30.8 Å². The standard InChI is InChI=1S/C24H27F2N7O3.C23H25F2N7O4.C12H17F2N3O.C12H12N4O3.Li.H2O/c1-13(34)14-2-4-15(5-3-14)33-11-19(21(30-33)22(25)26)28-24(35)18-9-27-32-7-6-20(29-23(18)32)31-10-17-8-16(31)12-36-17;24-20(25)19-17(10-32(29-19)13-3-1-12(2-4-13)23(34)35)27-22(33)16-8-26-31-6-5-18(28-21(16)31)30-9-15-7-14(30)11-36-15;1-7(18)8-2-4-9(5-3-8)17-6-10(15)11(16-17)12(13)14;17-12(18)9-4-13-16-2-1-10(14-11(9)16)15-5-8-3-7(15)6-19-8;;/h6-7,9,11,14-17,22H,2-5,8,10,12H2,1H3,(H,28,35);5-6,8,10,12-15,20H,1-4,7,9,11H2,(H,27,33)(H,34,35);6,8-9,12H,2-5,15H2,1H3;1-2,4,7-8H,3,5-6H2,(H,17,18);;1H2/q;;;;+1;/p-1/t14?,15?,16-,17-;12?,13?,14-,15-;;7-,8-;;/m11.1../s1. The van der Waals surface area contributed by atoms with Gasteiger partial charge in [-0.15, -0.1) is 0 Å². The number of carbonyl (C=O) groups excluding carboxylic acids is 4. The van der Waals surface area contributed by atoms with Gasteiger partial charge in [-0.3, -0.25) is 38.0 Å².